The van der Waals surface area contributed by atoms with E-state index in [1.165, 1.54) is 12.1 Å². The highest BCUT2D eigenvalue weighted by Gasteiger charge is 2.31. The lowest BCUT2D eigenvalue weighted by Gasteiger charge is -2.31. The van der Waals surface area contributed by atoms with Crippen molar-refractivity contribution < 1.29 is 19.4 Å². The van der Waals surface area contributed by atoms with Gasteiger partial charge in [0, 0.05) is 30.5 Å². The van der Waals surface area contributed by atoms with Crippen molar-refractivity contribution in [3.63, 3.8) is 0 Å². The molecule has 2 aliphatic rings. The van der Waals surface area contributed by atoms with E-state index in [0.29, 0.717) is 12.1 Å². The van der Waals surface area contributed by atoms with Gasteiger partial charge in [0.2, 0.25) is 0 Å². The Hall–Kier alpha value is -1.53. The van der Waals surface area contributed by atoms with E-state index >= 15 is 0 Å². The molecule has 0 aromatic heterocycles. The van der Waals surface area contributed by atoms with Gasteiger partial charge in [0.05, 0.1) is 11.7 Å². The van der Waals surface area contributed by atoms with E-state index in [1.54, 1.807) is 12.1 Å². The Morgan fingerprint density at radius 2 is 1.96 bits per heavy atom. The first-order valence-electron chi connectivity index (χ1n) is 7.99. The number of hydrogen-bond donors (Lipinski definition) is 1. The van der Waals surface area contributed by atoms with Crippen molar-refractivity contribution in [1.82, 2.24) is 4.90 Å². The summed E-state index contributed by atoms with van der Waals surface area (Å²) in [5, 5.41) is 8.97. The maximum atomic E-state index is 12.9. The minimum Gasteiger partial charge on any atom is -0.478 e. The van der Waals surface area contributed by atoms with Crippen molar-refractivity contribution in [2.24, 2.45) is 0 Å². The van der Waals surface area contributed by atoms with Crippen LogP contribution >= 0.6 is 11.8 Å². The van der Waals surface area contributed by atoms with Crippen molar-refractivity contribution in [3.05, 3.63) is 35.4 Å². The van der Waals surface area contributed by atoms with E-state index in [0.717, 1.165) is 37.4 Å². The van der Waals surface area contributed by atoms with Gasteiger partial charge < -0.3 is 14.7 Å². The predicted octanol–water partition coefficient (Wildman–Crippen LogP) is 2.51. The first kappa shape index (κ1) is 16.3. The summed E-state index contributed by atoms with van der Waals surface area (Å²) in [7, 11) is 0. The molecular formula is C17H21NO4S. The largest absolute Gasteiger partial charge is 0.478 e. The maximum absolute atomic E-state index is 12.9. The van der Waals surface area contributed by atoms with Crippen molar-refractivity contribution in [3.8, 4) is 0 Å². The summed E-state index contributed by atoms with van der Waals surface area (Å²) in [5.41, 5.74) is 0.744. The fourth-order valence-electron chi connectivity index (χ4n) is 3.09. The number of carbonyl (C=O) groups is 2. The molecule has 1 amide bonds. The summed E-state index contributed by atoms with van der Waals surface area (Å²) in [6.45, 7) is 1.41. The predicted molar refractivity (Wildman–Crippen MR) is 89.1 cm³/mol. The lowest BCUT2D eigenvalue weighted by Crippen LogP contribution is -2.44. The molecule has 2 heterocycles. The Kier molecular flexibility index (Phi) is 5.23. The van der Waals surface area contributed by atoms with Crippen LogP contribution in [0.1, 0.15) is 40.0 Å². The van der Waals surface area contributed by atoms with Crippen molar-refractivity contribution >= 4 is 23.6 Å². The monoisotopic (exact) mass is 335 g/mol. The third-order valence-corrected chi connectivity index (χ3v) is 5.56. The minimum absolute atomic E-state index is 0.0232. The second-order valence-corrected chi connectivity index (χ2v) is 7.14. The third kappa shape index (κ3) is 3.87. The van der Waals surface area contributed by atoms with Crippen LogP contribution in [0.15, 0.2) is 24.3 Å². The molecule has 6 heteroatoms. The zero-order valence-electron chi connectivity index (χ0n) is 12.9. The Bertz CT molecular complexity index is 562. The molecule has 2 atom stereocenters. The summed E-state index contributed by atoms with van der Waals surface area (Å²) >= 11 is 1.87. The molecule has 0 spiro atoms. The van der Waals surface area contributed by atoms with Crippen LogP contribution in [0.5, 0.6) is 0 Å². The number of hydrogen-bond acceptors (Lipinski definition) is 4. The summed E-state index contributed by atoms with van der Waals surface area (Å²) in [6.07, 6.45) is 3.19. The first-order chi connectivity index (χ1) is 11.1. The average Bonchev–Trinajstić information content (AvgIpc) is 3.25. The molecule has 0 bridgehead atoms. The normalized spacial score (nSPS) is 23.8. The zero-order chi connectivity index (χ0) is 16.2. The molecule has 1 N–H and O–H groups in total. The number of thioether (sulfide) groups is 1. The number of carboxylic acid groups (broad SMARTS) is 1. The number of benzene rings is 1. The summed E-state index contributed by atoms with van der Waals surface area (Å²) in [5.74, 6) is 1.04. The van der Waals surface area contributed by atoms with Gasteiger partial charge in [0.25, 0.3) is 5.91 Å². The molecule has 2 saturated heterocycles. The maximum Gasteiger partial charge on any atom is 0.335 e. The molecule has 5 nitrogen and oxygen atoms in total. The van der Waals surface area contributed by atoms with E-state index in [9.17, 15) is 9.59 Å². The van der Waals surface area contributed by atoms with Gasteiger partial charge in [-0.05, 0) is 49.3 Å². The molecule has 1 aromatic carbocycles. The quantitative estimate of drug-likeness (QED) is 0.895. The van der Waals surface area contributed by atoms with E-state index in [2.05, 4.69) is 0 Å². The van der Waals surface area contributed by atoms with Gasteiger partial charge >= 0.3 is 5.97 Å². The lowest BCUT2D eigenvalue weighted by atomic mass is 10.1. The molecule has 124 valence electrons. The standard InChI is InChI=1S/C17H21NO4S/c19-16(12-3-5-13(6-4-12)17(20)21)18(14-7-9-23-11-14)10-15-2-1-8-22-15/h3-6,14-15H,1-2,7-11H2,(H,20,21)/t14-,15-/m0/s1. The van der Waals surface area contributed by atoms with Crippen molar-refractivity contribution in [2.75, 3.05) is 24.7 Å². The Labute approximate surface area is 140 Å². The summed E-state index contributed by atoms with van der Waals surface area (Å²) < 4.78 is 5.70. The number of carboxylic acids is 1. The number of ether oxygens (including phenoxy) is 1. The van der Waals surface area contributed by atoms with E-state index < -0.39 is 5.97 Å². The van der Waals surface area contributed by atoms with Gasteiger partial charge in [0.15, 0.2) is 0 Å². The molecule has 1 aromatic rings. The van der Waals surface area contributed by atoms with Gasteiger partial charge in [-0.25, -0.2) is 4.79 Å². The summed E-state index contributed by atoms with van der Waals surface area (Å²) in [6, 6.07) is 6.44. The van der Waals surface area contributed by atoms with Crippen LogP contribution in [-0.4, -0.2) is 58.7 Å². The number of amides is 1. The first-order valence-corrected chi connectivity index (χ1v) is 9.14. The highest BCUT2D eigenvalue weighted by Crippen LogP contribution is 2.26. The second-order valence-electron chi connectivity index (χ2n) is 5.99. The summed E-state index contributed by atoms with van der Waals surface area (Å²) in [4.78, 5) is 25.8. The zero-order valence-corrected chi connectivity index (χ0v) is 13.8. The SMILES string of the molecule is O=C(O)c1ccc(C(=O)N(C[C@@H]2CCCO2)[C@H]2CCSC2)cc1. The van der Waals surface area contributed by atoms with Gasteiger partial charge in [-0.15, -0.1) is 0 Å². The van der Waals surface area contributed by atoms with Crippen LogP contribution in [0.4, 0.5) is 0 Å². The highest BCUT2D eigenvalue weighted by atomic mass is 32.2. The van der Waals surface area contributed by atoms with Gasteiger partial charge in [-0.2, -0.15) is 11.8 Å². The topological polar surface area (TPSA) is 66.8 Å². The molecule has 0 unspecified atom stereocenters. The minimum atomic E-state index is -0.979. The number of rotatable bonds is 5. The van der Waals surface area contributed by atoms with Gasteiger partial charge in [0.1, 0.15) is 0 Å². The van der Waals surface area contributed by atoms with Crippen LogP contribution in [0.25, 0.3) is 0 Å². The van der Waals surface area contributed by atoms with E-state index in [4.69, 9.17) is 9.84 Å². The fraction of sp³-hybridized carbons (Fsp3) is 0.529. The Morgan fingerprint density at radius 3 is 2.52 bits per heavy atom. The molecule has 0 aliphatic carbocycles. The van der Waals surface area contributed by atoms with Crippen LogP contribution < -0.4 is 0 Å². The van der Waals surface area contributed by atoms with Crippen LogP contribution in [0, 0.1) is 0 Å². The molecule has 23 heavy (non-hydrogen) atoms. The number of nitrogens with zero attached hydrogens (tertiary/aromatic N) is 1. The molecule has 2 fully saturated rings. The molecular weight excluding hydrogens is 314 g/mol. The molecule has 0 saturated carbocycles. The van der Waals surface area contributed by atoms with Crippen molar-refractivity contribution in [2.45, 2.75) is 31.4 Å². The number of aromatic carboxylic acids is 1. The Morgan fingerprint density at radius 1 is 1.22 bits per heavy atom. The molecule has 2 aliphatic heterocycles. The van der Waals surface area contributed by atoms with E-state index in [1.807, 2.05) is 16.7 Å². The van der Waals surface area contributed by atoms with Crippen LogP contribution in [0.2, 0.25) is 0 Å². The van der Waals surface area contributed by atoms with Crippen LogP contribution in [-0.2, 0) is 4.74 Å². The van der Waals surface area contributed by atoms with Gasteiger partial charge in [-0.1, -0.05) is 0 Å². The fourth-order valence-corrected chi connectivity index (χ4v) is 4.32. The third-order valence-electron chi connectivity index (χ3n) is 4.41. The van der Waals surface area contributed by atoms with Gasteiger partial charge in [-0.3, -0.25) is 4.79 Å². The van der Waals surface area contributed by atoms with Crippen molar-refractivity contribution in [1.29, 1.82) is 0 Å². The molecule has 0 radical (unpaired) electrons. The van der Waals surface area contributed by atoms with E-state index in [-0.39, 0.29) is 23.6 Å². The smallest absolute Gasteiger partial charge is 0.335 e. The molecule has 3 rings (SSSR count). The Balaban J connectivity index is 1.76. The van der Waals surface area contributed by atoms with Crippen LogP contribution in [0.3, 0.4) is 0 Å². The number of carbonyl (C=O) groups excluding carboxylic acids is 1. The lowest BCUT2D eigenvalue weighted by molar-refractivity contribution is 0.0441. The average molecular weight is 335 g/mol. The second kappa shape index (κ2) is 7.36. The highest BCUT2D eigenvalue weighted by molar-refractivity contribution is 7.99.